The molecular formula is C22H17BrCl2N2O2. The van der Waals surface area contributed by atoms with E-state index < -0.39 is 0 Å². The van der Waals surface area contributed by atoms with Gasteiger partial charge in [-0.05, 0) is 60.5 Å². The number of benzene rings is 3. The lowest BCUT2D eigenvalue weighted by atomic mass is 10.1. The molecule has 0 aliphatic rings. The van der Waals surface area contributed by atoms with E-state index in [4.69, 9.17) is 27.9 Å². The van der Waals surface area contributed by atoms with Crippen molar-refractivity contribution in [3.63, 3.8) is 0 Å². The van der Waals surface area contributed by atoms with Crippen molar-refractivity contribution in [1.29, 1.82) is 0 Å². The predicted molar refractivity (Wildman–Crippen MR) is 121 cm³/mol. The van der Waals surface area contributed by atoms with Gasteiger partial charge in [-0.15, -0.1) is 0 Å². The van der Waals surface area contributed by atoms with Crippen molar-refractivity contribution in [2.45, 2.75) is 13.5 Å². The molecule has 29 heavy (non-hydrogen) atoms. The molecule has 0 aliphatic carbocycles. The maximum absolute atomic E-state index is 12.3. The Hall–Kier alpha value is -2.34. The highest BCUT2D eigenvalue weighted by atomic mass is 79.9. The van der Waals surface area contributed by atoms with Crippen LogP contribution >= 0.6 is 39.1 Å². The van der Waals surface area contributed by atoms with Crippen LogP contribution in [-0.4, -0.2) is 12.1 Å². The number of nitrogens with zero attached hydrogens (tertiary/aromatic N) is 1. The molecule has 0 aliphatic heterocycles. The van der Waals surface area contributed by atoms with Crippen molar-refractivity contribution in [3.8, 4) is 5.75 Å². The number of carbonyl (C=O) groups is 1. The summed E-state index contributed by atoms with van der Waals surface area (Å²) in [4.78, 5) is 12.3. The topological polar surface area (TPSA) is 50.7 Å². The monoisotopic (exact) mass is 490 g/mol. The van der Waals surface area contributed by atoms with Crippen LogP contribution in [0.5, 0.6) is 5.75 Å². The van der Waals surface area contributed by atoms with Gasteiger partial charge in [-0.1, -0.05) is 57.3 Å². The Bertz CT molecular complexity index is 1050. The van der Waals surface area contributed by atoms with Gasteiger partial charge in [0.1, 0.15) is 12.4 Å². The fraction of sp³-hybridized carbons (Fsp3) is 0.0909. The SMILES string of the molecule is Cc1ccc(C(=O)N/N=C\c2cc(Br)ccc2OCc2ccc(Cl)cc2)c(Cl)c1. The van der Waals surface area contributed by atoms with Crippen LogP contribution < -0.4 is 10.2 Å². The molecule has 3 aromatic carbocycles. The summed E-state index contributed by atoms with van der Waals surface area (Å²) in [6, 6.07) is 18.2. The lowest BCUT2D eigenvalue weighted by Crippen LogP contribution is -2.18. The summed E-state index contributed by atoms with van der Waals surface area (Å²) < 4.78 is 6.77. The number of rotatable bonds is 6. The van der Waals surface area contributed by atoms with Gasteiger partial charge in [0.2, 0.25) is 0 Å². The van der Waals surface area contributed by atoms with Gasteiger partial charge in [0.25, 0.3) is 5.91 Å². The summed E-state index contributed by atoms with van der Waals surface area (Å²) in [5.74, 6) is 0.249. The van der Waals surface area contributed by atoms with E-state index in [9.17, 15) is 4.79 Å². The molecule has 4 nitrogen and oxygen atoms in total. The highest BCUT2D eigenvalue weighted by Gasteiger charge is 2.09. The predicted octanol–water partition coefficient (Wildman–Crippen LogP) is 6.41. The zero-order valence-corrected chi connectivity index (χ0v) is 18.6. The largest absolute Gasteiger partial charge is 0.488 e. The minimum absolute atomic E-state index is 0.364. The number of hydrogen-bond acceptors (Lipinski definition) is 3. The Morgan fingerprint density at radius 2 is 1.86 bits per heavy atom. The Morgan fingerprint density at radius 1 is 1.10 bits per heavy atom. The zero-order chi connectivity index (χ0) is 20.8. The summed E-state index contributed by atoms with van der Waals surface area (Å²) in [5.41, 5.74) is 5.54. The molecule has 148 valence electrons. The average molecular weight is 492 g/mol. The average Bonchev–Trinajstić information content (AvgIpc) is 2.68. The summed E-state index contributed by atoms with van der Waals surface area (Å²) in [6.07, 6.45) is 1.53. The van der Waals surface area contributed by atoms with E-state index in [1.807, 2.05) is 55.5 Å². The number of aryl methyl sites for hydroxylation is 1. The van der Waals surface area contributed by atoms with E-state index >= 15 is 0 Å². The first-order valence-electron chi connectivity index (χ1n) is 8.69. The van der Waals surface area contributed by atoms with Gasteiger partial charge in [-0.3, -0.25) is 4.79 Å². The molecule has 3 rings (SSSR count). The van der Waals surface area contributed by atoms with E-state index in [1.165, 1.54) is 6.21 Å². The third-order valence-electron chi connectivity index (χ3n) is 4.02. The van der Waals surface area contributed by atoms with Crippen LogP contribution in [0.15, 0.2) is 70.2 Å². The fourth-order valence-corrected chi connectivity index (χ4v) is 3.34. The van der Waals surface area contributed by atoms with Crippen molar-refractivity contribution in [1.82, 2.24) is 5.43 Å². The van der Waals surface area contributed by atoms with Crippen LogP contribution in [0.4, 0.5) is 0 Å². The van der Waals surface area contributed by atoms with E-state index in [2.05, 4.69) is 26.5 Å². The van der Waals surface area contributed by atoms with Crippen LogP contribution in [0.3, 0.4) is 0 Å². The van der Waals surface area contributed by atoms with Gasteiger partial charge >= 0.3 is 0 Å². The quantitative estimate of drug-likeness (QED) is 0.320. The Labute approximate surface area is 187 Å². The van der Waals surface area contributed by atoms with Crippen molar-refractivity contribution < 1.29 is 9.53 Å². The Morgan fingerprint density at radius 3 is 2.59 bits per heavy atom. The van der Waals surface area contributed by atoms with Crippen molar-refractivity contribution >= 4 is 51.3 Å². The number of ether oxygens (including phenoxy) is 1. The van der Waals surface area contributed by atoms with E-state index in [1.54, 1.807) is 12.1 Å². The van der Waals surface area contributed by atoms with Gasteiger partial charge in [-0.25, -0.2) is 5.43 Å². The molecule has 0 spiro atoms. The smallest absolute Gasteiger partial charge is 0.272 e. The molecule has 0 radical (unpaired) electrons. The van der Waals surface area contributed by atoms with Crippen LogP contribution in [0.2, 0.25) is 10.0 Å². The number of amides is 1. The van der Waals surface area contributed by atoms with Gasteiger partial charge in [0, 0.05) is 15.1 Å². The maximum atomic E-state index is 12.3. The zero-order valence-electron chi connectivity index (χ0n) is 15.5. The normalized spacial score (nSPS) is 10.9. The minimum Gasteiger partial charge on any atom is -0.488 e. The minimum atomic E-state index is -0.384. The summed E-state index contributed by atoms with van der Waals surface area (Å²) in [5, 5.41) is 5.11. The molecule has 0 unspecified atom stereocenters. The molecule has 0 heterocycles. The van der Waals surface area contributed by atoms with E-state index in [0.717, 1.165) is 15.6 Å². The van der Waals surface area contributed by atoms with Crippen LogP contribution in [0, 0.1) is 6.92 Å². The molecule has 0 saturated heterocycles. The third-order valence-corrected chi connectivity index (χ3v) is 5.08. The first-order chi connectivity index (χ1) is 13.9. The number of carbonyl (C=O) groups excluding carboxylic acids is 1. The maximum Gasteiger partial charge on any atom is 0.272 e. The van der Waals surface area contributed by atoms with Gasteiger partial charge in [-0.2, -0.15) is 5.10 Å². The summed E-state index contributed by atoms with van der Waals surface area (Å²) in [7, 11) is 0. The van der Waals surface area contributed by atoms with E-state index in [-0.39, 0.29) is 5.91 Å². The highest BCUT2D eigenvalue weighted by molar-refractivity contribution is 9.10. The van der Waals surface area contributed by atoms with Crippen LogP contribution in [0.25, 0.3) is 0 Å². The Kier molecular flexibility index (Phi) is 7.31. The number of halogens is 3. The second-order valence-electron chi connectivity index (χ2n) is 6.28. The molecule has 0 aromatic heterocycles. The highest BCUT2D eigenvalue weighted by Crippen LogP contribution is 2.23. The first-order valence-corrected chi connectivity index (χ1v) is 10.2. The molecule has 3 aromatic rings. The lowest BCUT2D eigenvalue weighted by molar-refractivity contribution is 0.0955. The Balaban J connectivity index is 1.70. The molecule has 7 heteroatoms. The van der Waals surface area contributed by atoms with Gasteiger partial charge < -0.3 is 4.74 Å². The molecular weight excluding hydrogens is 475 g/mol. The molecule has 1 N–H and O–H groups in total. The van der Waals surface area contributed by atoms with Crippen molar-refractivity contribution in [2.24, 2.45) is 5.10 Å². The number of nitrogens with one attached hydrogen (secondary N) is 1. The van der Waals surface area contributed by atoms with Crippen molar-refractivity contribution in [2.75, 3.05) is 0 Å². The number of hydrazone groups is 1. The van der Waals surface area contributed by atoms with Crippen LogP contribution in [0.1, 0.15) is 27.0 Å². The van der Waals surface area contributed by atoms with Crippen molar-refractivity contribution in [3.05, 3.63) is 97.4 Å². The molecule has 1 amide bonds. The lowest BCUT2D eigenvalue weighted by Gasteiger charge is -2.10. The molecule has 0 fully saturated rings. The van der Waals surface area contributed by atoms with Gasteiger partial charge in [0.05, 0.1) is 16.8 Å². The van der Waals surface area contributed by atoms with E-state index in [0.29, 0.717) is 33.5 Å². The second kappa shape index (κ2) is 9.92. The van der Waals surface area contributed by atoms with Crippen LogP contribution in [-0.2, 0) is 6.61 Å². The van der Waals surface area contributed by atoms with Gasteiger partial charge in [0.15, 0.2) is 0 Å². The molecule has 0 atom stereocenters. The summed E-state index contributed by atoms with van der Waals surface area (Å²) >= 11 is 15.5. The third kappa shape index (κ3) is 6.07. The first kappa shape index (κ1) is 21.4. The second-order valence-corrected chi connectivity index (χ2v) is 8.04. The summed E-state index contributed by atoms with van der Waals surface area (Å²) in [6.45, 7) is 2.29. The number of hydrogen-bond donors (Lipinski definition) is 1. The molecule has 0 bridgehead atoms. The molecule has 0 saturated carbocycles. The standard InChI is InChI=1S/C22H17BrCl2N2O2/c1-14-2-8-19(20(25)10-14)22(28)27-26-12-16-11-17(23)5-9-21(16)29-13-15-3-6-18(24)7-4-15/h2-12H,13H2,1H3,(H,27,28)/b26-12-. The fourth-order valence-electron chi connectivity index (χ4n) is 2.52.